The molecule has 0 unspecified atom stereocenters. The van der Waals surface area contributed by atoms with Gasteiger partial charge in [-0.15, -0.1) is 0 Å². The normalized spacial score (nSPS) is 15.1. The molecule has 1 N–H and O–H groups in total. The minimum atomic E-state index is -0.374. The van der Waals surface area contributed by atoms with Crippen molar-refractivity contribution in [2.45, 2.75) is 0 Å². The van der Waals surface area contributed by atoms with Crippen LogP contribution in [0.15, 0.2) is 30.5 Å². The summed E-state index contributed by atoms with van der Waals surface area (Å²) in [6, 6.07) is 5.45. The summed E-state index contributed by atoms with van der Waals surface area (Å²) in [5, 5.41) is 3.78. The Balaban J connectivity index is 2.28. The molecule has 90 valence electrons. The first-order valence-electron chi connectivity index (χ1n) is 5.38. The molecule has 0 radical (unpaired) electrons. The number of halogens is 1. The van der Waals surface area contributed by atoms with Gasteiger partial charge >= 0.3 is 0 Å². The van der Waals surface area contributed by atoms with Gasteiger partial charge in [0.15, 0.2) is 0 Å². The van der Waals surface area contributed by atoms with Crippen LogP contribution in [0.1, 0.15) is 5.56 Å². The Morgan fingerprint density at radius 1 is 1.28 bits per heavy atom. The maximum Gasteiger partial charge on any atom is 0.258 e. The lowest BCUT2D eigenvalue weighted by molar-refractivity contribution is -0.123. The average molecular weight is 261 g/mol. The number of nitrogens with one attached hydrogen (secondary N) is 1. The van der Waals surface area contributed by atoms with Crippen LogP contribution in [0.2, 0.25) is 5.02 Å². The van der Waals surface area contributed by atoms with Gasteiger partial charge in [0.25, 0.3) is 11.8 Å². The predicted octanol–water partition coefficient (Wildman–Crippen LogP) is 1.87. The molecule has 4 nitrogen and oxygen atoms in total. The van der Waals surface area contributed by atoms with Crippen molar-refractivity contribution in [3.8, 4) is 0 Å². The van der Waals surface area contributed by atoms with E-state index < -0.39 is 0 Å². The molecule has 0 bridgehead atoms. The molecule has 18 heavy (non-hydrogen) atoms. The largest absolute Gasteiger partial charge is 0.350 e. The van der Waals surface area contributed by atoms with Gasteiger partial charge in [0, 0.05) is 40.8 Å². The predicted molar refractivity (Wildman–Crippen MR) is 69.1 cm³/mol. The lowest BCUT2D eigenvalue weighted by Crippen LogP contribution is -2.21. The topological polar surface area (TPSA) is 51.1 Å². The quantitative estimate of drug-likeness (QED) is 0.796. The SMILES string of the molecule is Cn1cc(C2=CC(=O)NC2=O)c2ccc(Cl)cc21. The number of nitrogens with zero attached hydrogens (tertiary/aromatic N) is 1. The van der Waals surface area contributed by atoms with Crippen LogP contribution in [0.4, 0.5) is 0 Å². The first kappa shape index (κ1) is 11.0. The van der Waals surface area contributed by atoms with Crippen LogP contribution in [0, 0.1) is 0 Å². The van der Waals surface area contributed by atoms with Crippen LogP contribution in [0.25, 0.3) is 16.5 Å². The van der Waals surface area contributed by atoms with Crippen molar-refractivity contribution in [3.05, 3.63) is 41.1 Å². The third-order valence-electron chi connectivity index (χ3n) is 3.00. The molecule has 5 heteroatoms. The molecule has 0 saturated heterocycles. The zero-order valence-electron chi connectivity index (χ0n) is 9.53. The van der Waals surface area contributed by atoms with E-state index in [4.69, 9.17) is 11.6 Å². The molecule has 0 atom stereocenters. The van der Waals surface area contributed by atoms with Crippen molar-refractivity contribution in [1.29, 1.82) is 0 Å². The van der Waals surface area contributed by atoms with E-state index in [9.17, 15) is 9.59 Å². The number of aryl methyl sites for hydroxylation is 1. The molecule has 1 aliphatic heterocycles. The molecule has 0 aliphatic carbocycles. The highest BCUT2D eigenvalue weighted by atomic mass is 35.5. The standard InChI is InChI=1S/C13H9ClN2O2/c1-16-6-10(9-5-12(17)15-13(9)18)8-3-2-7(14)4-11(8)16/h2-6H,1H3,(H,15,17,18). The number of benzene rings is 1. The van der Waals surface area contributed by atoms with Gasteiger partial charge in [-0.1, -0.05) is 17.7 Å². The van der Waals surface area contributed by atoms with Gasteiger partial charge in [-0.2, -0.15) is 0 Å². The van der Waals surface area contributed by atoms with E-state index in [0.717, 1.165) is 16.5 Å². The zero-order chi connectivity index (χ0) is 12.9. The van der Waals surface area contributed by atoms with Crippen LogP contribution in [-0.4, -0.2) is 16.4 Å². The Morgan fingerprint density at radius 3 is 2.72 bits per heavy atom. The summed E-state index contributed by atoms with van der Waals surface area (Å²) in [5.41, 5.74) is 2.06. The van der Waals surface area contributed by atoms with Gasteiger partial charge in [-0.3, -0.25) is 14.9 Å². The smallest absolute Gasteiger partial charge is 0.258 e. The van der Waals surface area contributed by atoms with Crippen LogP contribution in [-0.2, 0) is 16.6 Å². The number of carbonyl (C=O) groups is 2. The van der Waals surface area contributed by atoms with E-state index in [1.165, 1.54) is 6.08 Å². The highest BCUT2D eigenvalue weighted by Gasteiger charge is 2.24. The second-order valence-corrected chi connectivity index (χ2v) is 4.63. The lowest BCUT2D eigenvalue weighted by Gasteiger charge is -1.98. The van der Waals surface area contributed by atoms with Crippen molar-refractivity contribution in [2.24, 2.45) is 7.05 Å². The molecule has 2 aromatic rings. The number of carbonyl (C=O) groups excluding carboxylic acids is 2. The molecule has 1 aromatic carbocycles. The maximum atomic E-state index is 11.7. The lowest BCUT2D eigenvalue weighted by atomic mass is 10.1. The zero-order valence-corrected chi connectivity index (χ0v) is 10.3. The van der Waals surface area contributed by atoms with Crippen molar-refractivity contribution >= 4 is 39.9 Å². The maximum absolute atomic E-state index is 11.7. The molecule has 1 aromatic heterocycles. The summed E-state index contributed by atoms with van der Waals surface area (Å²) in [5.74, 6) is -0.733. The number of aromatic nitrogens is 1. The van der Waals surface area contributed by atoms with Gasteiger partial charge in [0.1, 0.15) is 0 Å². The van der Waals surface area contributed by atoms with Gasteiger partial charge in [-0.25, -0.2) is 0 Å². The van der Waals surface area contributed by atoms with E-state index in [1.807, 2.05) is 29.9 Å². The van der Waals surface area contributed by atoms with Crippen LogP contribution in [0.3, 0.4) is 0 Å². The second kappa shape index (κ2) is 3.71. The average Bonchev–Trinajstić information content (AvgIpc) is 2.80. The fraction of sp³-hybridized carbons (Fsp3) is 0.0769. The third kappa shape index (κ3) is 1.54. The highest BCUT2D eigenvalue weighted by molar-refractivity contribution is 6.35. The summed E-state index contributed by atoms with van der Waals surface area (Å²) in [7, 11) is 1.87. The third-order valence-corrected chi connectivity index (χ3v) is 3.23. The van der Waals surface area contributed by atoms with E-state index in [-0.39, 0.29) is 11.8 Å². The minimum absolute atomic E-state index is 0.359. The summed E-state index contributed by atoms with van der Waals surface area (Å²) >= 11 is 5.95. The van der Waals surface area contributed by atoms with Crippen molar-refractivity contribution in [3.63, 3.8) is 0 Å². The van der Waals surface area contributed by atoms with Gasteiger partial charge in [0.05, 0.1) is 5.57 Å². The van der Waals surface area contributed by atoms with E-state index in [0.29, 0.717) is 10.6 Å². The summed E-state index contributed by atoms with van der Waals surface area (Å²) < 4.78 is 1.88. The second-order valence-electron chi connectivity index (χ2n) is 4.19. The van der Waals surface area contributed by atoms with E-state index in [2.05, 4.69) is 5.32 Å². The molecule has 0 fully saturated rings. The first-order chi connectivity index (χ1) is 8.56. The van der Waals surface area contributed by atoms with E-state index in [1.54, 1.807) is 6.07 Å². The van der Waals surface area contributed by atoms with Gasteiger partial charge in [0.2, 0.25) is 0 Å². The Kier molecular flexibility index (Phi) is 2.28. The summed E-state index contributed by atoms with van der Waals surface area (Å²) in [4.78, 5) is 22.9. The van der Waals surface area contributed by atoms with Crippen LogP contribution >= 0.6 is 11.6 Å². The Labute approximate surface area is 108 Å². The molecule has 1 aliphatic rings. The molecule has 2 heterocycles. The Morgan fingerprint density at radius 2 is 2.06 bits per heavy atom. The van der Waals surface area contributed by atoms with Crippen LogP contribution < -0.4 is 5.32 Å². The Hall–Kier alpha value is -2.07. The number of amides is 2. The number of fused-ring (bicyclic) bond motifs is 1. The van der Waals surface area contributed by atoms with Crippen molar-refractivity contribution in [1.82, 2.24) is 9.88 Å². The van der Waals surface area contributed by atoms with Gasteiger partial charge < -0.3 is 4.57 Å². The summed E-state index contributed by atoms with van der Waals surface area (Å²) in [6.07, 6.45) is 3.15. The number of hydrogen-bond donors (Lipinski definition) is 1. The molecular weight excluding hydrogens is 252 g/mol. The Bertz CT molecular complexity index is 728. The molecule has 0 spiro atoms. The highest BCUT2D eigenvalue weighted by Crippen LogP contribution is 2.30. The van der Waals surface area contributed by atoms with Crippen molar-refractivity contribution < 1.29 is 9.59 Å². The fourth-order valence-corrected chi connectivity index (χ4v) is 2.35. The van der Waals surface area contributed by atoms with Gasteiger partial charge in [-0.05, 0) is 12.1 Å². The fourth-order valence-electron chi connectivity index (χ4n) is 2.18. The molecule has 0 saturated carbocycles. The van der Waals surface area contributed by atoms with Crippen LogP contribution in [0.5, 0.6) is 0 Å². The minimum Gasteiger partial charge on any atom is -0.350 e. The monoisotopic (exact) mass is 260 g/mol. The number of hydrogen-bond acceptors (Lipinski definition) is 2. The number of imide groups is 1. The molecular formula is C13H9ClN2O2. The summed E-state index contributed by atoms with van der Waals surface area (Å²) in [6.45, 7) is 0. The molecule has 3 rings (SSSR count). The number of rotatable bonds is 1. The van der Waals surface area contributed by atoms with Crippen molar-refractivity contribution in [2.75, 3.05) is 0 Å². The van der Waals surface area contributed by atoms with E-state index >= 15 is 0 Å². The first-order valence-corrected chi connectivity index (χ1v) is 5.76. The molecule has 2 amide bonds.